The Labute approximate surface area is 114 Å². The summed E-state index contributed by atoms with van der Waals surface area (Å²) in [6.45, 7) is 6.22. The highest BCUT2D eigenvalue weighted by Crippen LogP contribution is 2.22. The molecule has 1 aliphatic rings. The molecule has 19 heavy (non-hydrogen) atoms. The third-order valence-corrected chi connectivity index (χ3v) is 2.87. The average molecular weight is 266 g/mol. The quantitative estimate of drug-likeness (QED) is 0.711. The molecule has 0 aromatic carbocycles. The van der Waals surface area contributed by atoms with Gasteiger partial charge < -0.3 is 9.64 Å². The van der Waals surface area contributed by atoms with Crippen LogP contribution in [0.25, 0.3) is 0 Å². The molecule has 0 aliphatic carbocycles. The Morgan fingerprint density at radius 1 is 1.47 bits per heavy atom. The second-order valence-corrected chi connectivity index (χ2v) is 5.73. The number of rotatable bonds is 2. The zero-order valence-corrected chi connectivity index (χ0v) is 12.1. The van der Waals surface area contributed by atoms with E-state index < -0.39 is 17.7 Å². The number of carbonyl (C=O) groups excluding carboxylic acids is 2. The van der Waals surface area contributed by atoms with Gasteiger partial charge in [-0.1, -0.05) is 5.92 Å². The molecule has 0 N–H and O–H groups in total. The van der Waals surface area contributed by atoms with E-state index in [0.717, 1.165) is 6.42 Å². The lowest BCUT2D eigenvalue weighted by Gasteiger charge is -2.29. The number of likely N-dealkylation sites (tertiary alicyclic amines) is 1. The topological polar surface area (TPSA) is 49.9 Å². The van der Waals surface area contributed by atoms with Crippen LogP contribution in [0.5, 0.6) is 0 Å². The predicted molar refractivity (Wildman–Crippen MR) is 72.4 cm³/mol. The summed E-state index contributed by atoms with van der Waals surface area (Å²) in [6, 6.07) is -0.451. The lowest BCUT2D eigenvalue weighted by Crippen LogP contribution is -2.48. The smallest absolute Gasteiger partial charge is 0.410 e. The van der Waals surface area contributed by atoms with Gasteiger partial charge in [0.2, 0.25) is 5.91 Å². The van der Waals surface area contributed by atoms with Gasteiger partial charge in [-0.3, -0.25) is 9.69 Å². The number of carbonyl (C=O) groups is 2. The van der Waals surface area contributed by atoms with E-state index in [-0.39, 0.29) is 12.5 Å². The van der Waals surface area contributed by atoms with E-state index in [2.05, 4.69) is 5.92 Å². The van der Waals surface area contributed by atoms with E-state index in [0.29, 0.717) is 13.0 Å². The average Bonchev–Trinajstić information content (AvgIpc) is 2.74. The van der Waals surface area contributed by atoms with Crippen LogP contribution < -0.4 is 0 Å². The first-order chi connectivity index (χ1) is 8.76. The van der Waals surface area contributed by atoms with E-state index in [1.165, 1.54) is 9.80 Å². The van der Waals surface area contributed by atoms with Crippen molar-refractivity contribution >= 4 is 12.0 Å². The molecular weight excluding hydrogens is 244 g/mol. The molecule has 1 saturated heterocycles. The van der Waals surface area contributed by atoms with Crippen molar-refractivity contribution in [1.29, 1.82) is 0 Å². The highest BCUT2D eigenvalue weighted by atomic mass is 16.6. The third kappa shape index (κ3) is 4.16. The van der Waals surface area contributed by atoms with Gasteiger partial charge in [0.1, 0.15) is 11.6 Å². The fraction of sp³-hybridized carbons (Fsp3) is 0.714. The Morgan fingerprint density at radius 2 is 2.11 bits per heavy atom. The second-order valence-electron chi connectivity index (χ2n) is 5.73. The molecule has 1 rings (SSSR count). The summed E-state index contributed by atoms with van der Waals surface area (Å²) in [5.74, 6) is 2.30. The van der Waals surface area contributed by atoms with Crippen molar-refractivity contribution in [2.24, 2.45) is 0 Å². The molecule has 2 amide bonds. The van der Waals surface area contributed by atoms with Gasteiger partial charge in [0.15, 0.2) is 0 Å². The minimum absolute atomic E-state index is 0.124. The maximum absolute atomic E-state index is 12.2. The summed E-state index contributed by atoms with van der Waals surface area (Å²) in [5.41, 5.74) is -0.558. The Hall–Kier alpha value is -1.70. The van der Waals surface area contributed by atoms with Crippen LogP contribution in [0.15, 0.2) is 0 Å². The molecule has 5 nitrogen and oxygen atoms in total. The van der Waals surface area contributed by atoms with Gasteiger partial charge in [-0.15, -0.1) is 6.42 Å². The molecule has 1 aliphatic heterocycles. The van der Waals surface area contributed by atoms with E-state index in [4.69, 9.17) is 11.2 Å². The van der Waals surface area contributed by atoms with Crippen molar-refractivity contribution < 1.29 is 14.3 Å². The van der Waals surface area contributed by atoms with Gasteiger partial charge >= 0.3 is 6.09 Å². The van der Waals surface area contributed by atoms with E-state index in [1.54, 1.807) is 7.05 Å². The molecular formula is C14H22N2O3. The zero-order chi connectivity index (χ0) is 14.6. The maximum atomic E-state index is 12.2. The zero-order valence-electron chi connectivity index (χ0n) is 12.1. The van der Waals surface area contributed by atoms with Gasteiger partial charge in [-0.2, -0.15) is 0 Å². The van der Waals surface area contributed by atoms with Crippen molar-refractivity contribution in [3.8, 4) is 12.3 Å². The Kier molecular flexibility index (Phi) is 4.82. The summed E-state index contributed by atoms with van der Waals surface area (Å²) in [4.78, 5) is 27.2. The molecule has 0 spiro atoms. The van der Waals surface area contributed by atoms with Gasteiger partial charge in [-0.25, -0.2) is 4.79 Å². The van der Waals surface area contributed by atoms with Crippen LogP contribution in [-0.4, -0.2) is 53.6 Å². The van der Waals surface area contributed by atoms with Crippen LogP contribution in [0.1, 0.15) is 33.6 Å². The number of nitrogens with zero attached hydrogens (tertiary/aromatic N) is 2. The van der Waals surface area contributed by atoms with Gasteiger partial charge in [-0.05, 0) is 33.6 Å². The Balaban J connectivity index is 2.71. The maximum Gasteiger partial charge on any atom is 0.410 e. The largest absolute Gasteiger partial charge is 0.444 e. The van der Waals surface area contributed by atoms with Crippen LogP contribution in [0, 0.1) is 12.3 Å². The van der Waals surface area contributed by atoms with Gasteiger partial charge in [0, 0.05) is 13.6 Å². The van der Waals surface area contributed by atoms with Gasteiger partial charge in [0.25, 0.3) is 0 Å². The third-order valence-electron chi connectivity index (χ3n) is 2.87. The van der Waals surface area contributed by atoms with Crippen molar-refractivity contribution in [1.82, 2.24) is 9.80 Å². The van der Waals surface area contributed by atoms with E-state index in [1.807, 2.05) is 20.8 Å². The molecule has 0 aromatic rings. The minimum atomic E-state index is -0.558. The highest BCUT2D eigenvalue weighted by molar-refractivity contribution is 5.86. The second kappa shape index (κ2) is 5.96. The van der Waals surface area contributed by atoms with Crippen LogP contribution in [0.3, 0.4) is 0 Å². The number of ether oxygens (including phenoxy) is 1. The molecule has 5 heteroatoms. The summed E-state index contributed by atoms with van der Waals surface area (Å²) < 4.78 is 5.32. The standard InChI is InChI=1S/C14H22N2O3/c1-6-9-15(5)12(17)11-8-7-10-16(11)13(18)19-14(2,3)4/h1,11H,7-10H2,2-5H3. The van der Waals surface area contributed by atoms with E-state index >= 15 is 0 Å². The molecule has 0 bridgehead atoms. The number of terminal acetylenes is 1. The summed E-state index contributed by atoms with van der Waals surface area (Å²) in [6.07, 6.45) is 6.23. The van der Waals surface area contributed by atoms with Crippen LogP contribution in [0.4, 0.5) is 4.79 Å². The van der Waals surface area contributed by atoms with Crippen molar-refractivity contribution in [2.45, 2.75) is 45.3 Å². The van der Waals surface area contributed by atoms with Crippen LogP contribution in [-0.2, 0) is 9.53 Å². The first-order valence-electron chi connectivity index (χ1n) is 6.44. The SMILES string of the molecule is C#CCN(C)C(=O)C1CCCN1C(=O)OC(C)(C)C. The van der Waals surface area contributed by atoms with Gasteiger partial charge in [0.05, 0.1) is 6.54 Å². The number of amides is 2. The van der Waals surface area contributed by atoms with Crippen molar-refractivity contribution in [2.75, 3.05) is 20.1 Å². The first-order valence-corrected chi connectivity index (χ1v) is 6.44. The predicted octanol–water partition coefficient (Wildman–Crippen LogP) is 1.48. The molecule has 1 heterocycles. The molecule has 1 fully saturated rings. The molecule has 0 radical (unpaired) electrons. The monoisotopic (exact) mass is 266 g/mol. The lowest BCUT2D eigenvalue weighted by atomic mass is 10.2. The Morgan fingerprint density at radius 3 is 2.63 bits per heavy atom. The fourth-order valence-electron chi connectivity index (χ4n) is 2.03. The normalized spacial score (nSPS) is 18.9. The molecule has 106 valence electrons. The van der Waals surface area contributed by atoms with Crippen molar-refractivity contribution in [3.63, 3.8) is 0 Å². The molecule has 1 atom stereocenters. The van der Waals surface area contributed by atoms with Crippen molar-refractivity contribution in [3.05, 3.63) is 0 Å². The summed E-state index contributed by atoms with van der Waals surface area (Å²) >= 11 is 0. The first kappa shape index (κ1) is 15.4. The van der Waals surface area contributed by atoms with E-state index in [9.17, 15) is 9.59 Å². The molecule has 1 unspecified atom stereocenters. The molecule has 0 aromatic heterocycles. The minimum Gasteiger partial charge on any atom is -0.444 e. The summed E-state index contributed by atoms with van der Waals surface area (Å²) in [5, 5.41) is 0. The highest BCUT2D eigenvalue weighted by Gasteiger charge is 2.37. The number of hydrogen-bond donors (Lipinski definition) is 0. The summed E-state index contributed by atoms with van der Waals surface area (Å²) in [7, 11) is 1.65. The molecule has 0 saturated carbocycles. The fourth-order valence-corrected chi connectivity index (χ4v) is 2.03. The lowest BCUT2D eigenvalue weighted by molar-refractivity contribution is -0.134. The number of likely N-dealkylation sites (N-methyl/N-ethyl adjacent to an activating group) is 1. The Bertz CT molecular complexity index is 392. The number of hydrogen-bond acceptors (Lipinski definition) is 3. The van der Waals surface area contributed by atoms with Crippen LogP contribution in [0.2, 0.25) is 0 Å². The van der Waals surface area contributed by atoms with Crippen LogP contribution >= 0.6 is 0 Å².